The van der Waals surface area contributed by atoms with Gasteiger partial charge in [0.2, 0.25) is 0 Å². The minimum absolute atomic E-state index is 0.0765. The Bertz CT molecular complexity index is 548. The monoisotopic (exact) mass is 339 g/mol. The molecule has 6 heteroatoms. The number of halogens is 1. The molecule has 0 bridgehead atoms. The molecule has 2 amide bonds. The van der Waals surface area contributed by atoms with Gasteiger partial charge in [0.25, 0.3) is 0 Å². The predicted octanol–water partition coefficient (Wildman–Crippen LogP) is 2.62. The van der Waals surface area contributed by atoms with Crippen molar-refractivity contribution in [2.24, 2.45) is 5.92 Å². The second-order valence-electron chi connectivity index (χ2n) is 6.75. The second kappa shape index (κ2) is 7.41. The quantitative estimate of drug-likeness (QED) is 0.772. The van der Waals surface area contributed by atoms with Crippen LogP contribution >= 0.6 is 11.6 Å². The van der Waals surface area contributed by atoms with Crippen LogP contribution in [0.5, 0.6) is 0 Å². The molecule has 1 fully saturated rings. The van der Waals surface area contributed by atoms with Gasteiger partial charge in [0.05, 0.1) is 5.60 Å². The van der Waals surface area contributed by atoms with Crippen molar-refractivity contribution in [1.82, 2.24) is 10.6 Å². The molecule has 23 heavy (non-hydrogen) atoms. The molecule has 2 atom stereocenters. The number of amides is 2. The summed E-state index contributed by atoms with van der Waals surface area (Å²) in [6.45, 7) is 7.47. The van der Waals surface area contributed by atoms with Gasteiger partial charge in [0.1, 0.15) is 0 Å². The summed E-state index contributed by atoms with van der Waals surface area (Å²) in [7, 11) is 0. The Hall–Kier alpha value is -1.46. The molecule has 0 saturated carbocycles. The van der Waals surface area contributed by atoms with Crippen LogP contribution in [0.2, 0.25) is 5.02 Å². The maximum atomic E-state index is 12.0. The van der Waals surface area contributed by atoms with Gasteiger partial charge in [-0.25, -0.2) is 4.79 Å². The van der Waals surface area contributed by atoms with Gasteiger partial charge in [-0.05, 0) is 37.5 Å². The van der Waals surface area contributed by atoms with Gasteiger partial charge >= 0.3 is 6.03 Å². The SMILES string of the molecule is CC(C)C(C)(O)CNC(=O)NC1CCN(c2cccc(Cl)c2)C1. The third-order valence-electron chi connectivity index (χ3n) is 4.55. The van der Waals surface area contributed by atoms with Crippen LogP contribution in [0.3, 0.4) is 0 Å². The maximum absolute atomic E-state index is 12.0. The third-order valence-corrected chi connectivity index (χ3v) is 4.78. The highest BCUT2D eigenvalue weighted by atomic mass is 35.5. The van der Waals surface area contributed by atoms with E-state index in [1.807, 2.05) is 38.1 Å². The lowest BCUT2D eigenvalue weighted by Gasteiger charge is -2.28. The summed E-state index contributed by atoms with van der Waals surface area (Å²) in [4.78, 5) is 14.2. The second-order valence-corrected chi connectivity index (χ2v) is 7.19. The first-order valence-corrected chi connectivity index (χ1v) is 8.43. The standard InChI is InChI=1S/C17H26ClN3O2/c1-12(2)17(3,23)11-19-16(22)20-14-7-8-21(10-14)15-6-4-5-13(18)9-15/h4-6,9,12,14,23H,7-8,10-11H2,1-3H3,(H2,19,20,22). The number of benzene rings is 1. The Morgan fingerprint density at radius 2 is 2.26 bits per heavy atom. The van der Waals surface area contributed by atoms with Gasteiger partial charge in [-0.15, -0.1) is 0 Å². The summed E-state index contributed by atoms with van der Waals surface area (Å²) < 4.78 is 0. The molecule has 0 aromatic heterocycles. The van der Waals surface area contributed by atoms with E-state index < -0.39 is 5.60 Å². The summed E-state index contributed by atoms with van der Waals surface area (Å²) in [5, 5.41) is 16.6. The van der Waals surface area contributed by atoms with Crippen molar-refractivity contribution in [2.75, 3.05) is 24.5 Å². The van der Waals surface area contributed by atoms with Gasteiger partial charge in [-0.2, -0.15) is 0 Å². The molecule has 128 valence electrons. The number of hydrogen-bond acceptors (Lipinski definition) is 3. The highest BCUT2D eigenvalue weighted by Gasteiger charge is 2.27. The fraction of sp³-hybridized carbons (Fsp3) is 0.588. The van der Waals surface area contributed by atoms with Crippen molar-refractivity contribution in [1.29, 1.82) is 0 Å². The smallest absolute Gasteiger partial charge is 0.315 e. The van der Waals surface area contributed by atoms with Crippen molar-refractivity contribution in [3.8, 4) is 0 Å². The summed E-state index contributed by atoms with van der Waals surface area (Å²) in [5.74, 6) is 0.0765. The molecule has 1 aliphatic rings. The molecule has 1 aromatic rings. The highest BCUT2D eigenvalue weighted by molar-refractivity contribution is 6.30. The first kappa shape index (κ1) is 17.9. The molecular formula is C17H26ClN3O2. The van der Waals surface area contributed by atoms with E-state index in [4.69, 9.17) is 11.6 Å². The molecule has 5 nitrogen and oxygen atoms in total. The topological polar surface area (TPSA) is 64.6 Å². The predicted molar refractivity (Wildman–Crippen MR) is 94.1 cm³/mol. The number of carbonyl (C=O) groups is 1. The van der Waals surface area contributed by atoms with Crippen molar-refractivity contribution < 1.29 is 9.90 Å². The first-order valence-electron chi connectivity index (χ1n) is 8.05. The summed E-state index contributed by atoms with van der Waals surface area (Å²) in [6.07, 6.45) is 0.889. The largest absolute Gasteiger partial charge is 0.388 e. The van der Waals surface area contributed by atoms with E-state index in [0.29, 0.717) is 5.02 Å². The van der Waals surface area contributed by atoms with Crippen LogP contribution in [0, 0.1) is 5.92 Å². The molecule has 0 radical (unpaired) electrons. The van der Waals surface area contributed by atoms with Crippen LogP contribution in [0.15, 0.2) is 24.3 Å². The lowest BCUT2D eigenvalue weighted by Crippen LogP contribution is -2.50. The van der Waals surface area contributed by atoms with Gasteiger partial charge in [0, 0.05) is 36.4 Å². The van der Waals surface area contributed by atoms with Crippen LogP contribution < -0.4 is 15.5 Å². The highest BCUT2D eigenvalue weighted by Crippen LogP contribution is 2.23. The fourth-order valence-electron chi connectivity index (χ4n) is 2.49. The minimum Gasteiger partial charge on any atom is -0.388 e. The number of aliphatic hydroxyl groups is 1. The van der Waals surface area contributed by atoms with Crippen molar-refractivity contribution in [2.45, 2.75) is 38.8 Å². The Morgan fingerprint density at radius 3 is 2.91 bits per heavy atom. The van der Waals surface area contributed by atoms with Crippen LogP contribution in [0.1, 0.15) is 27.2 Å². The van der Waals surface area contributed by atoms with Gasteiger partial charge in [0.15, 0.2) is 0 Å². The van der Waals surface area contributed by atoms with E-state index in [0.717, 1.165) is 25.2 Å². The Balaban J connectivity index is 1.80. The zero-order valence-electron chi connectivity index (χ0n) is 14.0. The zero-order valence-corrected chi connectivity index (χ0v) is 14.7. The molecule has 1 saturated heterocycles. The van der Waals surface area contributed by atoms with Gasteiger partial charge in [-0.1, -0.05) is 31.5 Å². The molecule has 2 rings (SSSR count). The van der Waals surface area contributed by atoms with Gasteiger partial charge in [-0.3, -0.25) is 0 Å². The first-order chi connectivity index (χ1) is 10.8. The summed E-state index contributed by atoms with van der Waals surface area (Å²) in [6, 6.07) is 7.60. The molecule has 0 aliphatic carbocycles. The Kier molecular flexibility index (Phi) is 5.76. The molecule has 0 spiro atoms. The lowest BCUT2D eigenvalue weighted by molar-refractivity contribution is 0.0165. The average molecular weight is 340 g/mol. The van der Waals surface area contributed by atoms with E-state index in [2.05, 4.69) is 15.5 Å². The van der Waals surface area contributed by atoms with E-state index >= 15 is 0 Å². The van der Waals surface area contributed by atoms with Crippen LogP contribution in [0.25, 0.3) is 0 Å². The van der Waals surface area contributed by atoms with Crippen LogP contribution in [0.4, 0.5) is 10.5 Å². The fourth-order valence-corrected chi connectivity index (χ4v) is 2.67. The van der Waals surface area contributed by atoms with Crippen molar-refractivity contribution in [3.63, 3.8) is 0 Å². The molecule has 1 aliphatic heterocycles. The van der Waals surface area contributed by atoms with E-state index in [1.165, 1.54) is 0 Å². The normalized spacial score (nSPS) is 20.4. The number of rotatable bonds is 5. The number of carbonyl (C=O) groups excluding carboxylic acids is 1. The molecule has 1 heterocycles. The molecule has 2 unspecified atom stereocenters. The number of nitrogens with zero attached hydrogens (tertiary/aromatic N) is 1. The summed E-state index contributed by atoms with van der Waals surface area (Å²) in [5.41, 5.74) is 0.171. The zero-order chi connectivity index (χ0) is 17.0. The number of urea groups is 1. The van der Waals surface area contributed by atoms with Crippen molar-refractivity contribution in [3.05, 3.63) is 29.3 Å². The van der Waals surface area contributed by atoms with Crippen LogP contribution in [-0.2, 0) is 0 Å². The summed E-state index contributed by atoms with van der Waals surface area (Å²) >= 11 is 6.02. The average Bonchev–Trinajstić information content (AvgIpc) is 2.93. The van der Waals surface area contributed by atoms with Crippen molar-refractivity contribution >= 4 is 23.3 Å². The van der Waals surface area contributed by atoms with E-state index in [9.17, 15) is 9.90 Å². The maximum Gasteiger partial charge on any atom is 0.315 e. The third kappa shape index (κ3) is 5.01. The van der Waals surface area contributed by atoms with E-state index in [1.54, 1.807) is 6.92 Å². The molecule has 1 aromatic carbocycles. The number of anilines is 1. The Morgan fingerprint density at radius 1 is 1.52 bits per heavy atom. The Labute approximate surface area is 143 Å². The minimum atomic E-state index is -0.903. The van der Waals surface area contributed by atoms with Gasteiger partial charge < -0.3 is 20.6 Å². The van der Waals surface area contributed by atoms with Crippen LogP contribution in [-0.4, -0.2) is 42.4 Å². The molecular weight excluding hydrogens is 314 g/mol. The molecule has 3 N–H and O–H groups in total. The number of hydrogen-bond donors (Lipinski definition) is 3. The lowest BCUT2D eigenvalue weighted by atomic mass is 9.93. The van der Waals surface area contributed by atoms with E-state index in [-0.39, 0.29) is 24.5 Å². The number of nitrogens with one attached hydrogen (secondary N) is 2.